The van der Waals surface area contributed by atoms with E-state index in [1.165, 1.54) is 64.2 Å². The van der Waals surface area contributed by atoms with Gasteiger partial charge in [-0.3, -0.25) is 14.5 Å². The first-order chi connectivity index (χ1) is 14.8. The molecular weight excluding hydrogens is 402 g/mol. The van der Waals surface area contributed by atoms with Gasteiger partial charge in [-0.25, -0.2) is 18.5 Å². The van der Waals surface area contributed by atoms with Crippen molar-refractivity contribution in [3.05, 3.63) is 94.4 Å². The molecule has 1 aliphatic heterocycles. The molecule has 156 valence electrons. The van der Waals surface area contributed by atoms with Crippen LogP contribution >= 0.6 is 0 Å². The number of hydrogen-bond acceptors (Lipinski definition) is 4. The van der Waals surface area contributed by atoms with Crippen LogP contribution in [-0.4, -0.2) is 38.9 Å². The van der Waals surface area contributed by atoms with E-state index in [1.807, 2.05) is 0 Å². The van der Waals surface area contributed by atoms with Crippen LogP contribution in [0, 0.1) is 25.5 Å². The van der Waals surface area contributed by atoms with Gasteiger partial charge >= 0.3 is 0 Å². The van der Waals surface area contributed by atoms with Crippen LogP contribution in [0.15, 0.2) is 65.3 Å². The van der Waals surface area contributed by atoms with E-state index >= 15 is 0 Å². The maximum absolute atomic E-state index is 13.4. The van der Waals surface area contributed by atoms with Crippen molar-refractivity contribution in [1.82, 2.24) is 14.7 Å². The van der Waals surface area contributed by atoms with Crippen molar-refractivity contribution in [3.63, 3.8) is 0 Å². The molecule has 0 radical (unpaired) electrons. The maximum Gasteiger partial charge on any atom is 0.278 e. The summed E-state index contributed by atoms with van der Waals surface area (Å²) >= 11 is 0. The molecule has 4 rings (SSSR count). The van der Waals surface area contributed by atoms with Crippen LogP contribution in [0.1, 0.15) is 27.3 Å². The molecule has 2 aromatic carbocycles. The summed E-state index contributed by atoms with van der Waals surface area (Å²) in [7, 11) is 0. The minimum absolute atomic E-state index is 0.0899. The third-order valence-electron chi connectivity index (χ3n) is 4.76. The van der Waals surface area contributed by atoms with E-state index in [4.69, 9.17) is 0 Å². The molecule has 0 saturated carbocycles. The molecule has 31 heavy (non-hydrogen) atoms. The number of benzene rings is 2. The Morgan fingerprint density at radius 1 is 1.00 bits per heavy atom. The summed E-state index contributed by atoms with van der Waals surface area (Å²) in [6.07, 6.45) is 1.51. The zero-order valence-electron chi connectivity index (χ0n) is 16.8. The lowest BCUT2D eigenvalue weighted by molar-refractivity contribution is -0.122. The number of amides is 1. The lowest BCUT2D eigenvalue weighted by atomic mass is 10.2. The lowest BCUT2D eigenvalue weighted by Crippen LogP contribution is -2.39. The van der Waals surface area contributed by atoms with Gasteiger partial charge in [0, 0.05) is 11.3 Å². The Morgan fingerprint density at radius 2 is 1.61 bits per heavy atom. The fourth-order valence-electron chi connectivity index (χ4n) is 3.32. The molecule has 1 aliphatic rings. The van der Waals surface area contributed by atoms with E-state index in [0.29, 0.717) is 22.5 Å². The number of aliphatic imine (C=N–C) groups is 1. The second-order valence-corrected chi connectivity index (χ2v) is 7.15. The first-order valence-electron chi connectivity index (χ1n) is 9.52. The van der Waals surface area contributed by atoms with Crippen LogP contribution in [0.3, 0.4) is 0 Å². The Hall–Kier alpha value is -3.94. The molecular formula is C23H18F2N4O2. The van der Waals surface area contributed by atoms with E-state index in [-0.39, 0.29) is 18.1 Å². The number of carbonyl (C=O) groups is 2. The van der Waals surface area contributed by atoms with Crippen molar-refractivity contribution in [2.45, 2.75) is 13.8 Å². The molecule has 0 atom stereocenters. The van der Waals surface area contributed by atoms with Gasteiger partial charge in [-0.1, -0.05) is 12.1 Å². The number of carbonyl (C=O) groups excluding carboxylic acids is 2. The summed E-state index contributed by atoms with van der Waals surface area (Å²) < 4.78 is 27.8. The fraction of sp³-hybridized carbons (Fsp3) is 0.130. The molecule has 0 fully saturated rings. The van der Waals surface area contributed by atoms with Gasteiger partial charge in [0.25, 0.3) is 11.8 Å². The first kappa shape index (κ1) is 20.3. The Kier molecular flexibility index (Phi) is 5.29. The second kappa shape index (κ2) is 8.06. The third-order valence-corrected chi connectivity index (χ3v) is 4.76. The quantitative estimate of drug-likeness (QED) is 0.604. The van der Waals surface area contributed by atoms with Gasteiger partial charge in [0.1, 0.15) is 29.7 Å². The Bertz CT molecular complexity index is 1230. The van der Waals surface area contributed by atoms with Gasteiger partial charge in [0.05, 0.1) is 5.69 Å². The first-order valence-corrected chi connectivity index (χ1v) is 9.52. The number of nitrogens with zero attached hydrogens (tertiary/aromatic N) is 4. The third kappa shape index (κ3) is 4.18. The molecule has 0 aliphatic carbocycles. The number of aryl methyl sites for hydroxylation is 2. The zero-order valence-corrected chi connectivity index (χ0v) is 16.8. The van der Waals surface area contributed by atoms with Crippen molar-refractivity contribution in [2.24, 2.45) is 4.99 Å². The average Bonchev–Trinajstić information content (AvgIpc) is 3.23. The van der Waals surface area contributed by atoms with Crippen molar-refractivity contribution >= 4 is 23.7 Å². The molecule has 0 unspecified atom stereocenters. The number of hydrogen-bond donors (Lipinski definition) is 0. The fourth-order valence-corrected chi connectivity index (χ4v) is 3.32. The SMILES string of the molecule is Cc1cc(C)n(C(=O)CN2C(=O)C(=Cc3ccc(F)cc3)N=C2c2ccc(F)cc2)n1. The second-order valence-electron chi connectivity index (χ2n) is 7.15. The van der Waals surface area contributed by atoms with Gasteiger partial charge in [0.2, 0.25) is 0 Å². The van der Waals surface area contributed by atoms with Crippen molar-refractivity contribution < 1.29 is 18.4 Å². The molecule has 8 heteroatoms. The van der Waals surface area contributed by atoms with Gasteiger partial charge in [-0.2, -0.15) is 5.10 Å². The average molecular weight is 420 g/mol. The molecule has 3 aromatic rings. The smallest absolute Gasteiger partial charge is 0.278 e. The minimum atomic E-state index is -0.487. The summed E-state index contributed by atoms with van der Waals surface area (Å²) in [4.78, 5) is 31.6. The predicted octanol–water partition coefficient (Wildman–Crippen LogP) is 3.75. The number of rotatable bonds is 4. The summed E-state index contributed by atoms with van der Waals surface area (Å²) in [6.45, 7) is 3.23. The van der Waals surface area contributed by atoms with Gasteiger partial charge < -0.3 is 0 Å². The summed E-state index contributed by atoms with van der Waals surface area (Å²) in [5.74, 6) is -1.49. The molecule has 0 N–H and O–H groups in total. The lowest BCUT2D eigenvalue weighted by Gasteiger charge is -2.18. The highest BCUT2D eigenvalue weighted by molar-refractivity contribution is 6.20. The number of aromatic nitrogens is 2. The normalized spacial score (nSPS) is 15.0. The molecule has 0 spiro atoms. The largest absolute Gasteiger partial charge is 0.281 e. The molecule has 1 aromatic heterocycles. The van der Waals surface area contributed by atoms with Crippen LogP contribution in [0.2, 0.25) is 0 Å². The van der Waals surface area contributed by atoms with E-state index < -0.39 is 23.4 Å². The van der Waals surface area contributed by atoms with Crippen LogP contribution in [-0.2, 0) is 4.79 Å². The van der Waals surface area contributed by atoms with E-state index in [0.717, 1.165) is 0 Å². The van der Waals surface area contributed by atoms with Gasteiger partial charge in [-0.05, 0) is 68.0 Å². The molecule has 6 nitrogen and oxygen atoms in total. The molecule has 0 bridgehead atoms. The van der Waals surface area contributed by atoms with Crippen LogP contribution < -0.4 is 0 Å². The monoisotopic (exact) mass is 420 g/mol. The summed E-state index contributed by atoms with van der Waals surface area (Å²) in [5, 5.41) is 4.17. The minimum Gasteiger partial charge on any atom is -0.281 e. The number of halogens is 2. The van der Waals surface area contributed by atoms with Crippen molar-refractivity contribution in [3.8, 4) is 0 Å². The highest BCUT2D eigenvalue weighted by atomic mass is 19.1. The standard InChI is InChI=1S/C23H18F2N4O2/c1-14-11-15(2)29(27-14)21(30)13-28-22(17-5-9-19(25)10-6-17)26-20(23(28)31)12-16-3-7-18(24)8-4-16/h3-12H,13H2,1-2H3. The summed E-state index contributed by atoms with van der Waals surface area (Å²) in [6, 6.07) is 12.8. The van der Waals surface area contributed by atoms with Crippen molar-refractivity contribution in [2.75, 3.05) is 6.54 Å². The van der Waals surface area contributed by atoms with Gasteiger partial charge in [-0.15, -0.1) is 0 Å². The highest BCUT2D eigenvalue weighted by Crippen LogP contribution is 2.23. The summed E-state index contributed by atoms with van der Waals surface area (Å²) in [5.41, 5.74) is 2.49. The predicted molar refractivity (Wildman–Crippen MR) is 111 cm³/mol. The molecule has 0 saturated heterocycles. The Balaban J connectivity index is 1.71. The van der Waals surface area contributed by atoms with Crippen LogP contribution in [0.25, 0.3) is 6.08 Å². The Morgan fingerprint density at radius 3 is 2.19 bits per heavy atom. The van der Waals surface area contributed by atoms with Gasteiger partial charge in [0.15, 0.2) is 0 Å². The Labute approximate surface area is 177 Å². The highest BCUT2D eigenvalue weighted by Gasteiger charge is 2.33. The number of amidine groups is 1. The van der Waals surface area contributed by atoms with E-state index in [9.17, 15) is 18.4 Å². The molecule has 1 amide bonds. The van der Waals surface area contributed by atoms with E-state index in [1.54, 1.807) is 19.9 Å². The van der Waals surface area contributed by atoms with E-state index in [2.05, 4.69) is 10.1 Å². The molecule has 2 heterocycles. The topological polar surface area (TPSA) is 67.6 Å². The van der Waals surface area contributed by atoms with Crippen LogP contribution in [0.4, 0.5) is 8.78 Å². The maximum atomic E-state index is 13.4. The zero-order chi connectivity index (χ0) is 22.1. The van der Waals surface area contributed by atoms with Crippen LogP contribution in [0.5, 0.6) is 0 Å². The van der Waals surface area contributed by atoms with Crippen molar-refractivity contribution in [1.29, 1.82) is 0 Å².